The molecule has 1 aliphatic heterocycles. The molecule has 2 fully saturated rings. The zero-order valence-corrected chi connectivity index (χ0v) is 17.3. The van der Waals surface area contributed by atoms with Gasteiger partial charge in [0, 0.05) is 24.5 Å². The predicted octanol–water partition coefficient (Wildman–Crippen LogP) is 3.72. The lowest BCUT2D eigenvalue weighted by Crippen LogP contribution is -2.43. The molecule has 2 aliphatic rings. The van der Waals surface area contributed by atoms with Crippen LogP contribution in [-0.2, 0) is 4.79 Å². The number of pyridine rings is 1. The molecule has 0 bridgehead atoms. The van der Waals surface area contributed by atoms with Crippen LogP contribution in [0.3, 0.4) is 0 Å². The van der Waals surface area contributed by atoms with Gasteiger partial charge in [-0.2, -0.15) is 0 Å². The number of carbonyl (C=O) groups excluding carboxylic acids is 2. The Balaban J connectivity index is 1.50. The summed E-state index contributed by atoms with van der Waals surface area (Å²) in [6.45, 7) is 6.09. The number of carbonyl (C=O) groups is 2. The molecule has 2 aromatic rings. The molecular formula is C22H27N3O2S. The Hall–Kier alpha value is -2.08. The maximum absolute atomic E-state index is 12.7. The number of hydrogen-bond donors (Lipinski definition) is 1. The van der Waals surface area contributed by atoms with Crippen LogP contribution in [0.1, 0.15) is 43.5 Å². The fraction of sp³-hybridized carbons (Fsp3) is 0.500. The molecule has 2 unspecified atom stereocenters. The lowest BCUT2D eigenvalue weighted by Gasteiger charge is -2.35. The summed E-state index contributed by atoms with van der Waals surface area (Å²) in [6, 6.07) is 9.84. The second-order valence-corrected chi connectivity index (χ2v) is 9.30. The van der Waals surface area contributed by atoms with Crippen molar-refractivity contribution in [2.75, 3.05) is 18.8 Å². The van der Waals surface area contributed by atoms with Crippen LogP contribution < -0.4 is 5.32 Å². The van der Waals surface area contributed by atoms with E-state index in [-0.39, 0.29) is 11.8 Å². The topological polar surface area (TPSA) is 62.3 Å². The maximum atomic E-state index is 12.7. The van der Waals surface area contributed by atoms with Gasteiger partial charge in [0.1, 0.15) is 0 Å². The SMILES string of the molecule is CC1CC(C)CN(C(=O)CSc2cc(C(=O)NC3CC3)c3ccccc3n2)C1. The number of nitrogens with one attached hydrogen (secondary N) is 1. The van der Waals surface area contributed by atoms with Crippen molar-refractivity contribution in [2.24, 2.45) is 11.8 Å². The number of para-hydroxylation sites is 1. The molecule has 1 aromatic carbocycles. The molecule has 1 aliphatic carbocycles. The number of thioether (sulfide) groups is 1. The van der Waals surface area contributed by atoms with E-state index in [2.05, 4.69) is 24.1 Å². The van der Waals surface area contributed by atoms with Gasteiger partial charge in [-0.3, -0.25) is 9.59 Å². The molecule has 0 spiro atoms. The highest BCUT2D eigenvalue weighted by atomic mass is 32.2. The fourth-order valence-corrected chi connectivity index (χ4v) is 4.82. The number of rotatable bonds is 5. The number of benzene rings is 1. The standard InChI is InChI=1S/C22H27N3O2S/c1-14-9-15(2)12-25(11-14)21(26)13-28-20-10-18(22(27)23-16-7-8-16)17-5-3-4-6-19(17)24-20/h3-6,10,14-16H,7-9,11-13H2,1-2H3,(H,23,27). The van der Waals surface area contributed by atoms with Crippen molar-refractivity contribution in [3.63, 3.8) is 0 Å². The quantitative estimate of drug-likeness (QED) is 0.781. The Morgan fingerprint density at radius 2 is 1.89 bits per heavy atom. The summed E-state index contributed by atoms with van der Waals surface area (Å²) in [5, 5.41) is 4.65. The zero-order valence-electron chi connectivity index (χ0n) is 16.5. The summed E-state index contributed by atoms with van der Waals surface area (Å²) < 4.78 is 0. The van der Waals surface area contributed by atoms with Crippen molar-refractivity contribution < 1.29 is 9.59 Å². The van der Waals surface area contributed by atoms with Crippen molar-refractivity contribution in [1.82, 2.24) is 15.2 Å². The van der Waals surface area contributed by atoms with Crippen molar-refractivity contribution in [1.29, 1.82) is 0 Å². The smallest absolute Gasteiger partial charge is 0.252 e. The van der Waals surface area contributed by atoms with Gasteiger partial charge in [0.05, 0.1) is 21.9 Å². The van der Waals surface area contributed by atoms with Gasteiger partial charge in [-0.05, 0) is 43.2 Å². The molecule has 2 atom stereocenters. The van der Waals surface area contributed by atoms with E-state index in [9.17, 15) is 9.59 Å². The Morgan fingerprint density at radius 3 is 2.61 bits per heavy atom. The van der Waals surface area contributed by atoms with E-state index >= 15 is 0 Å². The first kappa shape index (κ1) is 19.2. The van der Waals surface area contributed by atoms with Gasteiger partial charge in [-0.25, -0.2) is 4.98 Å². The van der Waals surface area contributed by atoms with Crippen LogP contribution in [0.25, 0.3) is 10.9 Å². The predicted molar refractivity (Wildman–Crippen MR) is 112 cm³/mol. The second-order valence-electron chi connectivity index (χ2n) is 8.31. The zero-order chi connectivity index (χ0) is 19.7. The average Bonchev–Trinajstić information content (AvgIpc) is 3.48. The third kappa shape index (κ3) is 4.49. The Kier molecular flexibility index (Phi) is 5.58. The van der Waals surface area contributed by atoms with Crippen LogP contribution in [0.4, 0.5) is 0 Å². The third-order valence-electron chi connectivity index (χ3n) is 5.41. The highest BCUT2D eigenvalue weighted by Gasteiger charge is 2.26. The summed E-state index contributed by atoms with van der Waals surface area (Å²) in [5.74, 6) is 1.56. The lowest BCUT2D eigenvalue weighted by molar-refractivity contribution is -0.130. The summed E-state index contributed by atoms with van der Waals surface area (Å²) in [6.07, 6.45) is 3.29. The van der Waals surface area contributed by atoms with E-state index in [0.717, 1.165) is 41.9 Å². The first-order valence-corrected chi connectivity index (χ1v) is 11.1. The van der Waals surface area contributed by atoms with Crippen LogP contribution in [0, 0.1) is 11.8 Å². The van der Waals surface area contributed by atoms with Crippen molar-refractivity contribution >= 4 is 34.5 Å². The van der Waals surface area contributed by atoms with Gasteiger partial charge in [-0.15, -0.1) is 0 Å². The number of amides is 2. The summed E-state index contributed by atoms with van der Waals surface area (Å²) >= 11 is 1.42. The third-order valence-corrected chi connectivity index (χ3v) is 6.31. The van der Waals surface area contributed by atoms with Crippen LogP contribution in [-0.4, -0.2) is 46.6 Å². The first-order valence-electron chi connectivity index (χ1n) is 10.1. The van der Waals surface area contributed by atoms with Crippen LogP contribution in [0.2, 0.25) is 0 Å². The van der Waals surface area contributed by atoms with E-state index < -0.39 is 0 Å². The monoisotopic (exact) mass is 397 g/mol. The Bertz CT molecular complexity index is 886. The molecule has 2 amide bonds. The minimum atomic E-state index is -0.0482. The normalized spacial score (nSPS) is 22.3. The van der Waals surface area contributed by atoms with Crippen LogP contribution in [0.5, 0.6) is 0 Å². The highest BCUT2D eigenvalue weighted by molar-refractivity contribution is 7.99. The minimum Gasteiger partial charge on any atom is -0.349 e. The molecule has 0 radical (unpaired) electrons. The molecule has 28 heavy (non-hydrogen) atoms. The molecule has 2 heterocycles. The number of likely N-dealkylation sites (tertiary alicyclic amines) is 1. The van der Waals surface area contributed by atoms with E-state index in [1.165, 1.54) is 18.2 Å². The largest absolute Gasteiger partial charge is 0.349 e. The first-order chi connectivity index (χ1) is 13.5. The summed E-state index contributed by atoms with van der Waals surface area (Å²) in [5.41, 5.74) is 1.44. The van der Waals surface area contributed by atoms with Crippen molar-refractivity contribution in [2.45, 2.75) is 44.2 Å². The average molecular weight is 398 g/mol. The van der Waals surface area contributed by atoms with Gasteiger partial charge in [0.2, 0.25) is 5.91 Å². The Morgan fingerprint density at radius 1 is 1.18 bits per heavy atom. The molecular weight excluding hydrogens is 370 g/mol. The molecule has 5 nitrogen and oxygen atoms in total. The molecule has 1 saturated carbocycles. The maximum Gasteiger partial charge on any atom is 0.252 e. The van der Waals surface area contributed by atoms with Gasteiger partial charge in [0.25, 0.3) is 5.91 Å². The van der Waals surface area contributed by atoms with Crippen molar-refractivity contribution in [3.8, 4) is 0 Å². The molecule has 6 heteroatoms. The van der Waals surface area contributed by atoms with Crippen LogP contribution >= 0.6 is 11.8 Å². The van der Waals surface area contributed by atoms with Gasteiger partial charge in [-0.1, -0.05) is 43.8 Å². The number of piperidine rings is 1. The number of hydrogen-bond acceptors (Lipinski definition) is 4. The van der Waals surface area contributed by atoms with Gasteiger partial charge in [0.15, 0.2) is 0 Å². The molecule has 1 aromatic heterocycles. The van der Waals surface area contributed by atoms with Crippen LogP contribution in [0.15, 0.2) is 35.4 Å². The van der Waals surface area contributed by atoms with E-state index in [0.29, 0.717) is 29.2 Å². The molecule has 1 saturated heterocycles. The Labute approximate surface area is 170 Å². The van der Waals surface area contributed by atoms with E-state index in [1.807, 2.05) is 35.2 Å². The minimum absolute atomic E-state index is 0.0482. The molecule has 148 valence electrons. The summed E-state index contributed by atoms with van der Waals surface area (Å²) in [7, 11) is 0. The molecule has 4 rings (SSSR count). The molecule has 1 N–H and O–H groups in total. The highest BCUT2D eigenvalue weighted by Crippen LogP contribution is 2.27. The van der Waals surface area contributed by atoms with E-state index in [1.54, 1.807) is 0 Å². The summed E-state index contributed by atoms with van der Waals surface area (Å²) in [4.78, 5) is 32.0. The number of aromatic nitrogens is 1. The van der Waals surface area contributed by atoms with Gasteiger partial charge < -0.3 is 10.2 Å². The lowest BCUT2D eigenvalue weighted by atomic mass is 9.92. The number of fused-ring (bicyclic) bond motifs is 1. The second kappa shape index (κ2) is 8.11. The van der Waals surface area contributed by atoms with E-state index in [4.69, 9.17) is 0 Å². The van der Waals surface area contributed by atoms with Crippen molar-refractivity contribution in [3.05, 3.63) is 35.9 Å². The fourth-order valence-electron chi connectivity index (χ4n) is 4.00. The van der Waals surface area contributed by atoms with Gasteiger partial charge >= 0.3 is 0 Å². The number of nitrogens with zero attached hydrogens (tertiary/aromatic N) is 2.